The third kappa shape index (κ3) is 3.85. The molecule has 0 spiro atoms. The molecule has 0 aliphatic heterocycles. The fourth-order valence-corrected chi connectivity index (χ4v) is 1.84. The molecule has 0 saturated heterocycles. The molecule has 2 aromatic rings. The molecule has 7 heteroatoms. The molecule has 2 N–H and O–H groups in total. The monoisotopic (exact) mass is 322 g/mol. The van der Waals surface area contributed by atoms with Crippen molar-refractivity contribution < 1.29 is 0 Å². The first-order valence-electron chi connectivity index (χ1n) is 5.98. The van der Waals surface area contributed by atoms with Crippen LogP contribution in [0.2, 0.25) is 0 Å². The summed E-state index contributed by atoms with van der Waals surface area (Å²) in [6.07, 6.45) is 3.47. The van der Waals surface area contributed by atoms with Gasteiger partial charge in [-0.2, -0.15) is 4.98 Å². The molecular formula is C12H15BrN6. The lowest BCUT2D eigenvalue weighted by molar-refractivity contribution is 0.945. The van der Waals surface area contributed by atoms with Crippen molar-refractivity contribution in [2.24, 2.45) is 0 Å². The van der Waals surface area contributed by atoms with E-state index in [0.29, 0.717) is 12.5 Å². The molecule has 0 aliphatic carbocycles. The van der Waals surface area contributed by atoms with Gasteiger partial charge in [0.05, 0.1) is 16.7 Å². The van der Waals surface area contributed by atoms with Crippen molar-refractivity contribution in [2.45, 2.75) is 20.4 Å². The highest BCUT2D eigenvalue weighted by molar-refractivity contribution is 9.10. The Balaban J connectivity index is 2.08. The number of nitrogens with zero attached hydrogens (tertiary/aromatic N) is 4. The van der Waals surface area contributed by atoms with Crippen LogP contribution in [0.4, 0.5) is 11.8 Å². The molecule has 100 valence electrons. The van der Waals surface area contributed by atoms with Gasteiger partial charge in [-0.3, -0.25) is 0 Å². The highest BCUT2D eigenvalue weighted by Gasteiger charge is 2.05. The van der Waals surface area contributed by atoms with E-state index in [1.807, 2.05) is 19.9 Å². The second-order valence-corrected chi connectivity index (χ2v) is 4.72. The first kappa shape index (κ1) is 13.7. The molecule has 6 nitrogen and oxygen atoms in total. The zero-order chi connectivity index (χ0) is 13.7. The van der Waals surface area contributed by atoms with Crippen molar-refractivity contribution in [2.75, 3.05) is 17.2 Å². The zero-order valence-corrected chi connectivity index (χ0v) is 12.4. The average Bonchev–Trinajstić information content (AvgIpc) is 2.40. The minimum atomic E-state index is 0.588. The van der Waals surface area contributed by atoms with Gasteiger partial charge in [0.1, 0.15) is 11.6 Å². The molecule has 0 saturated carbocycles. The molecule has 0 amide bonds. The summed E-state index contributed by atoms with van der Waals surface area (Å²) in [7, 11) is 0. The van der Waals surface area contributed by atoms with Crippen molar-refractivity contribution in [3.05, 3.63) is 34.5 Å². The topological polar surface area (TPSA) is 75.6 Å². The average molecular weight is 323 g/mol. The van der Waals surface area contributed by atoms with Gasteiger partial charge in [-0.15, -0.1) is 0 Å². The smallest absolute Gasteiger partial charge is 0.224 e. The van der Waals surface area contributed by atoms with Crippen LogP contribution in [-0.4, -0.2) is 26.5 Å². The Morgan fingerprint density at radius 2 is 2.05 bits per heavy atom. The van der Waals surface area contributed by atoms with Crippen molar-refractivity contribution in [3.63, 3.8) is 0 Å². The predicted octanol–water partition coefficient (Wildman–Crippen LogP) is 2.38. The SMILES string of the molecule is CCNc1ncc(Br)c(NCc2ccnc(C)n2)n1. The van der Waals surface area contributed by atoms with Gasteiger partial charge in [0, 0.05) is 18.9 Å². The Labute approximate surface area is 120 Å². The highest BCUT2D eigenvalue weighted by Crippen LogP contribution is 2.20. The van der Waals surface area contributed by atoms with Crippen LogP contribution in [0.1, 0.15) is 18.4 Å². The Hall–Kier alpha value is -1.76. The van der Waals surface area contributed by atoms with Gasteiger partial charge >= 0.3 is 0 Å². The molecule has 19 heavy (non-hydrogen) atoms. The lowest BCUT2D eigenvalue weighted by Gasteiger charge is -2.09. The Bertz CT molecular complexity index is 560. The summed E-state index contributed by atoms with van der Waals surface area (Å²) in [5.74, 6) is 2.10. The second kappa shape index (κ2) is 6.42. The van der Waals surface area contributed by atoms with E-state index in [-0.39, 0.29) is 0 Å². The number of anilines is 2. The van der Waals surface area contributed by atoms with Gasteiger partial charge in [0.25, 0.3) is 0 Å². The third-order valence-electron chi connectivity index (χ3n) is 2.35. The fourth-order valence-electron chi connectivity index (χ4n) is 1.51. The van der Waals surface area contributed by atoms with Crippen molar-refractivity contribution in [1.82, 2.24) is 19.9 Å². The summed E-state index contributed by atoms with van der Waals surface area (Å²) in [6.45, 7) is 5.24. The molecule has 2 heterocycles. The number of halogens is 1. The standard InChI is InChI=1S/C12H15BrN6/c1-3-14-12-17-7-10(13)11(19-12)16-6-9-4-5-15-8(2)18-9/h4-5,7H,3,6H2,1-2H3,(H2,14,16,17,19). The van der Waals surface area contributed by atoms with E-state index in [4.69, 9.17) is 0 Å². The summed E-state index contributed by atoms with van der Waals surface area (Å²) in [5.41, 5.74) is 0.919. The molecule has 0 unspecified atom stereocenters. The highest BCUT2D eigenvalue weighted by atomic mass is 79.9. The van der Waals surface area contributed by atoms with Crippen LogP contribution in [0.3, 0.4) is 0 Å². The molecule has 2 rings (SSSR count). The van der Waals surface area contributed by atoms with Gasteiger partial charge < -0.3 is 10.6 Å². The summed E-state index contributed by atoms with van der Waals surface area (Å²) in [5, 5.41) is 6.30. The van der Waals surface area contributed by atoms with E-state index in [1.165, 1.54) is 0 Å². The van der Waals surface area contributed by atoms with Gasteiger partial charge in [-0.1, -0.05) is 0 Å². The van der Waals surface area contributed by atoms with Crippen LogP contribution in [0, 0.1) is 6.92 Å². The second-order valence-electron chi connectivity index (χ2n) is 3.87. The molecule has 0 radical (unpaired) electrons. The van der Waals surface area contributed by atoms with E-state index in [9.17, 15) is 0 Å². The number of hydrogen-bond donors (Lipinski definition) is 2. The lowest BCUT2D eigenvalue weighted by Crippen LogP contribution is -2.08. The molecule has 0 fully saturated rings. The Kier molecular flexibility index (Phi) is 4.62. The van der Waals surface area contributed by atoms with Crippen molar-refractivity contribution in [3.8, 4) is 0 Å². The third-order valence-corrected chi connectivity index (χ3v) is 2.93. The van der Waals surface area contributed by atoms with Crippen LogP contribution in [0.15, 0.2) is 22.9 Å². The summed E-state index contributed by atoms with van der Waals surface area (Å²) in [4.78, 5) is 16.9. The summed E-state index contributed by atoms with van der Waals surface area (Å²) >= 11 is 3.42. The fraction of sp³-hybridized carbons (Fsp3) is 0.333. The minimum absolute atomic E-state index is 0.588. The number of rotatable bonds is 5. The largest absolute Gasteiger partial charge is 0.363 e. The lowest BCUT2D eigenvalue weighted by atomic mass is 10.4. The van der Waals surface area contributed by atoms with E-state index in [2.05, 4.69) is 46.5 Å². The molecule has 0 aliphatic rings. The quantitative estimate of drug-likeness (QED) is 0.880. The van der Waals surface area contributed by atoms with Gasteiger partial charge in [0.15, 0.2) is 0 Å². The zero-order valence-electron chi connectivity index (χ0n) is 10.8. The number of aryl methyl sites for hydroxylation is 1. The number of aromatic nitrogens is 4. The number of hydrogen-bond acceptors (Lipinski definition) is 6. The normalized spacial score (nSPS) is 10.3. The maximum Gasteiger partial charge on any atom is 0.224 e. The first-order valence-corrected chi connectivity index (χ1v) is 6.77. The van der Waals surface area contributed by atoms with E-state index >= 15 is 0 Å². The van der Waals surface area contributed by atoms with E-state index in [1.54, 1.807) is 12.4 Å². The van der Waals surface area contributed by atoms with Gasteiger partial charge in [-0.25, -0.2) is 15.0 Å². The molecule has 0 aromatic carbocycles. The van der Waals surface area contributed by atoms with Gasteiger partial charge in [0.2, 0.25) is 5.95 Å². The summed E-state index contributed by atoms with van der Waals surface area (Å²) in [6, 6.07) is 1.88. The maximum atomic E-state index is 4.38. The van der Waals surface area contributed by atoms with Crippen molar-refractivity contribution >= 4 is 27.7 Å². The maximum absolute atomic E-state index is 4.38. The van der Waals surface area contributed by atoms with Crippen LogP contribution in [0.5, 0.6) is 0 Å². The van der Waals surface area contributed by atoms with Crippen LogP contribution in [-0.2, 0) is 6.54 Å². The van der Waals surface area contributed by atoms with Crippen LogP contribution < -0.4 is 10.6 Å². The number of nitrogens with one attached hydrogen (secondary N) is 2. The Morgan fingerprint density at radius 1 is 1.21 bits per heavy atom. The molecule has 0 atom stereocenters. The van der Waals surface area contributed by atoms with Gasteiger partial charge in [-0.05, 0) is 35.8 Å². The molecule has 0 bridgehead atoms. The molecule has 2 aromatic heterocycles. The Morgan fingerprint density at radius 3 is 2.79 bits per heavy atom. The first-order chi connectivity index (χ1) is 9.19. The predicted molar refractivity (Wildman–Crippen MR) is 78.0 cm³/mol. The van der Waals surface area contributed by atoms with E-state index < -0.39 is 0 Å². The minimum Gasteiger partial charge on any atom is -0.363 e. The van der Waals surface area contributed by atoms with Crippen molar-refractivity contribution in [1.29, 1.82) is 0 Å². The molecular weight excluding hydrogens is 308 g/mol. The van der Waals surface area contributed by atoms with Crippen LogP contribution >= 0.6 is 15.9 Å². The van der Waals surface area contributed by atoms with Crippen LogP contribution in [0.25, 0.3) is 0 Å². The van der Waals surface area contributed by atoms with E-state index in [0.717, 1.165) is 28.4 Å². The summed E-state index contributed by atoms with van der Waals surface area (Å²) < 4.78 is 0.819.